The summed E-state index contributed by atoms with van der Waals surface area (Å²) in [4.78, 5) is 12.7. The minimum absolute atomic E-state index is 0.315. The molecule has 4 aromatic rings. The maximum atomic E-state index is 5.79. The molecule has 4 rings (SSSR count). The summed E-state index contributed by atoms with van der Waals surface area (Å²) >= 11 is 0. The standard InChI is InChI=1S/C19H18NP.C12H18N2O/c1-3-10-18(11-4-1)21(19-12-5-2-6-13-19)16-14-17-9-7-8-15-20-17;1-7-8(2)12(10(4)14-6)15-11(7)9(3)13-5/h1-13,15H,14,16H2;1-6H3. The summed E-state index contributed by atoms with van der Waals surface area (Å²) in [6.45, 7) is 8.01. The molecule has 186 valence electrons. The second kappa shape index (κ2) is 13.7. The van der Waals surface area contributed by atoms with Gasteiger partial charge in [-0.2, -0.15) is 0 Å². The Kier molecular flexibility index (Phi) is 10.3. The number of benzene rings is 2. The van der Waals surface area contributed by atoms with Gasteiger partial charge >= 0.3 is 0 Å². The molecule has 0 N–H and O–H groups in total. The zero-order valence-electron chi connectivity index (χ0n) is 22.2. The van der Waals surface area contributed by atoms with Crippen LogP contribution in [0.15, 0.2) is 99.5 Å². The summed E-state index contributed by atoms with van der Waals surface area (Å²) in [5.41, 5.74) is 5.32. The third-order valence-corrected chi connectivity index (χ3v) is 8.74. The predicted molar refractivity (Wildman–Crippen MR) is 156 cm³/mol. The average Bonchev–Trinajstić information content (AvgIpc) is 3.24. The molecule has 5 heteroatoms. The summed E-state index contributed by atoms with van der Waals surface area (Å²) < 4.78 is 5.79. The number of furan rings is 1. The fraction of sp³-hybridized carbons (Fsp3) is 0.258. The summed E-state index contributed by atoms with van der Waals surface area (Å²) in [6.07, 6.45) is 4.04. The van der Waals surface area contributed by atoms with E-state index in [1.165, 1.54) is 16.3 Å². The normalized spacial score (nSPS) is 11.9. The van der Waals surface area contributed by atoms with Crippen molar-refractivity contribution in [3.05, 3.63) is 113 Å². The van der Waals surface area contributed by atoms with Gasteiger partial charge in [0.2, 0.25) is 0 Å². The molecule has 0 aliphatic carbocycles. The lowest BCUT2D eigenvalue weighted by molar-refractivity contribution is 0.544. The van der Waals surface area contributed by atoms with Gasteiger partial charge in [0, 0.05) is 37.1 Å². The molecule has 0 saturated carbocycles. The number of nitrogens with zero attached hydrogens (tertiary/aromatic N) is 3. The molecule has 36 heavy (non-hydrogen) atoms. The van der Waals surface area contributed by atoms with Crippen molar-refractivity contribution in [3.63, 3.8) is 0 Å². The average molecular weight is 498 g/mol. The van der Waals surface area contributed by atoms with Crippen LogP contribution in [0.2, 0.25) is 0 Å². The zero-order chi connectivity index (χ0) is 25.9. The van der Waals surface area contributed by atoms with Crippen LogP contribution < -0.4 is 10.6 Å². The number of hydrogen-bond acceptors (Lipinski definition) is 4. The van der Waals surface area contributed by atoms with E-state index in [0.29, 0.717) is 0 Å². The SMILES string of the molecule is CN=C(C)c1oc(C(C)=NC)c(C)c1C.c1ccc(P(CCc2ccccn2)c2ccccc2)cc1. The molecule has 2 heterocycles. The van der Waals surface area contributed by atoms with Crippen LogP contribution in [0.3, 0.4) is 0 Å². The largest absolute Gasteiger partial charge is 0.453 e. The van der Waals surface area contributed by atoms with Crippen LogP contribution in [0, 0.1) is 13.8 Å². The molecular formula is C31H36N3OP. The Labute approximate surface area is 217 Å². The minimum atomic E-state index is -0.315. The molecule has 0 saturated heterocycles. The topological polar surface area (TPSA) is 50.8 Å². The van der Waals surface area contributed by atoms with E-state index in [-0.39, 0.29) is 7.92 Å². The van der Waals surface area contributed by atoms with Gasteiger partial charge in [-0.3, -0.25) is 15.0 Å². The van der Waals surface area contributed by atoms with Crippen LogP contribution in [0.25, 0.3) is 0 Å². The van der Waals surface area contributed by atoms with E-state index in [9.17, 15) is 0 Å². The molecule has 0 unspecified atom stereocenters. The van der Waals surface area contributed by atoms with Crippen LogP contribution in [-0.4, -0.2) is 36.7 Å². The fourth-order valence-corrected chi connectivity index (χ4v) is 6.22. The highest BCUT2D eigenvalue weighted by molar-refractivity contribution is 7.73. The van der Waals surface area contributed by atoms with Gasteiger partial charge < -0.3 is 4.42 Å². The number of hydrogen-bond donors (Lipinski definition) is 0. The van der Waals surface area contributed by atoms with Crippen LogP contribution in [0.4, 0.5) is 0 Å². The zero-order valence-corrected chi connectivity index (χ0v) is 23.1. The van der Waals surface area contributed by atoms with E-state index in [4.69, 9.17) is 4.42 Å². The summed E-state index contributed by atoms with van der Waals surface area (Å²) in [5, 5.41) is 2.88. The molecule has 0 radical (unpaired) electrons. The monoisotopic (exact) mass is 497 g/mol. The molecule has 0 spiro atoms. The molecular weight excluding hydrogens is 461 g/mol. The smallest absolute Gasteiger partial charge is 0.151 e. The maximum Gasteiger partial charge on any atom is 0.151 e. The van der Waals surface area contributed by atoms with Gasteiger partial charge in [0.25, 0.3) is 0 Å². The van der Waals surface area contributed by atoms with Crippen molar-refractivity contribution in [2.75, 3.05) is 20.3 Å². The van der Waals surface area contributed by atoms with Gasteiger partial charge in [0.05, 0.1) is 11.4 Å². The van der Waals surface area contributed by atoms with Crippen LogP contribution in [0.5, 0.6) is 0 Å². The van der Waals surface area contributed by atoms with Crippen molar-refractivity contribution in [2.24, 2.45) is 9.98 Å². The van der Waals surface area contributed by atoms with E-state index in [1.807, 2.05) is 26.1 Å². The van der Waals surface area contributed by atoms with E-state index in [0.717, 1.165) is 46.7 Å². The third-order valence-electron chi connectivity index (χ3n) is 6.23. The first-order valence-corrected chi connectivity index (χ1v) is 13.7. The van der Waals surface area contributed by atoms with Crippen LogP contribution >= 0.6 is 7.92 Å². The number of aliphatic imine (C=N–C) groups is 2. The molecule has 2 aromatic heterocycles. The molecule has 0 atom stereocenters. The molecule has 0 bridgehead atoms. The van der Waals surface area contributed by atoms with Gasteiger partial charge in [-0.05, 0) is 70.9 Å². The highest BCUT2D eigenvalue weighted by atomic mass is 31.1. The second-order valence-corrected chi connectivity index (χ2v) is 10.9. The van der Waals surface area contributed by atoms with Gasteiger partial charge in [0.15, 0.2) is 11.5 Å². The Bertz CT molecular complexity index is 1200. The van der Waals surface area contributed by atoms with Crippen molar-refractivity contribution in [2.45, 2.75) is 34.1 Å². The van der Waals surface area contributed by atoms with Crippen molar-refractivity contribution in [3.8, 4) is 0 Å². The quantitative estimate of drug-likeness (QED) is 0.215. The Morgan fingerprint density at radius 2 is 1.19 bits per heavy atom. The number of pyridine rings is 1. The van der Waals surface area contributed by atoms with Crippen molar-refractivity contribution < 1.29 is 4.42 Å². The summed E-state index contributed by atoms with van der Waals surface area (Å²) in [7, 11) is 3.23. The number of aryl methyl sites for hydroxylation is 1. The first-order chi connectivity index (χ1) is 17.5. The van der Waals surface area contributed by atoms with Gasteiger partial charge in [0.1, 0.15) is 0 Å². The Morgan fingerprint density at radius 1 is 0.722 bits per heavy atom. The van der Waals surface area contributed by atoms with E-state index >= 15 is 0 Å². The van der Waals surface area contributed by atoms with E-state index in [1.54, 1.807) is 14.1 Å². The van der Waals surface area contributed by atoms with Gasteiger partial charge in [-0.25, -0.2) is 0 Å². The third kappa shape index (κ3) is 7.08. The first kappa shape index (κ1) is 27.2. The van der Waals surface area contributed by atoms with Crippen molar-refractivity contribution >= 4 is 30.0 Å². The lowest BCUT2D eigenvalue weighted by Gasteiger charge is -2.18. The van der Waals surface area contributed by atoms with E-state index in [2.05, 4.69) is 102 Å². The van der Waals surface area contributed by atoms with Gasteiger partial charge in [-0.15, -0.1) is 0 Å². The number of rotatable bonds is 7. The maximum absolute atomic E-state index is 5.79. The Morgan fingerprint density at radius 3 is 1.61 bits per heavy atom. The predicted octanol–water partition coefficient (Wildman–Crippen LogP) is 6.53. The fourth-order valence-electron chi connectivity index (χ4n) is 3.88. The molecule has 2 aromatic carbocycles. The summed E-state index contributed by atoms with van der Waals surface area (Å²) in [5.74, 6) is 1.74. The minimum Gasteiger partial charge on any atom is -0.453 e. The Hall–Kier alpha value is -3.36. The highest BCUT2D eigenvalue weighted by Crippen LogP contribution is 2.33. The first-order valence-electron chi connectivity index (χ1n) is 12.2. The van der Waals surface area contributed by atoms with Crippen LogP contribution in [0.1, 0.15) is 42.2 Å². The molecule has 0 aliphatic rings. The Balaban J connectivity index is 0.000000214. The van der Waals surface area contributed by atoms with Crippen molar-refractivity contribution in [1.82, 2.24) is 4.98 Å². The molecule has 0 amide bonds. The lowest BCUT2D eigenvalue weighted by atomic mass is 10.1. The summed E-state index contributed by atoms with van der Waals surface area (Å²) in [6, 6.07) is 27.8. The van der Waals surface area contributed by atoms with Gasteiger partial charge in [-0.1, -0.05) is 66.7 Å². The molecule has 4 nitrogen and oxygen atoms in total. The van der Waals surface area contributed by atoms with E-state index < -0.39 is 0 Å². The highest BCUT2D eigenvalue weighted by Gasteiger charge is 2.17. The molecule has 0 aliphatic heterocycles. The van der Waals surface area contributed by atoms with Crippen LogP contribution in [-0.2, 0) is 6.42 Å². The number of aromatic nitrogens is 1. The van der Waals surface area contributed by atoms with Crippen molar-refractivity contribution in [1.29, 1.82) is 0 Å². The lowest BCUT2D eigenvalue weighted by Crippen LogP contribution is -2.15. The molecule has 0 fully saturated rings. The second-order valence-electron chi connectivity index (χ2n) is 8.52.